The Labute approximate surface area is 137 Å². The molecule has 0 saturated carbocycles. The first-order chi connectivity index (χ1) is 11.0. The molecule has 2 heterocycles. The summed E-state index contributed by atoms with van der Waals surface area (Å²) in [6, 6.07) is 4.07. The minimum atomic E-state index is -0.594. The van der Waals surface area contributed by atoms with Crippen LogP contribution in [0, 0.1) is 10.1 Å². The Morgan fingerprint density at radius 1 is 1.48 bits per heavy atom. The molecule has 0 aliphatic carbocycles. The van der Waals surface area contributed by atoms with Gasteiger partial charge in [-0.1, -0.05) is 18.5 Å². The zero-order chi connectivity index (χ0) is 16.6. The first-order valence-electron chi connectivity index (χ1n) is 6.99. The molecule has 1 aliphatic heterocycles. The molecule has 0 saturated heterocycles. The van der Waals surface area contributed by atoms with Crippen molar-refractivity contribution in [1.29, 1.82) is 0 Å². The SMILES string of the molecule is CC1CN(C(=O)c2ccc(Cl)cc2[N+](=O)[O-])Cc2cncnc21. The molecular weight excluding hydrogens is 320 g/mol. The van der Waals surface area contributed by atoms with Gasteiger partial charge < -0.3 is 4.90 Å². The largest absolute Gasteiger partial charge is 0.333 e. The molecule has 7 nitrogen and oxygen atoms in total. The highest BCUT2D eigenvalue weighted by Crippen LogP contribution is 2.29. The number of hydrogen-bond acceptors (Lipinski definition) is 5. The zero-order valence-corrected chi connectivity index (χ0v) is 13.0. The summed E-state index contributed by atoms with van der Waals surface area (Å²) in [6.45, 7) is 2.74. The number of aromatic nitrogens is 2. The average Bonchev–Trinajstić information content (AvgIpc) is 2.54. The number of nitro groups is 1. The average molecular weight is 333 g/mol. The molecular formula is C15H13ClN4O3. The monoisotopic (exact) mass is 332 g/mol. The number of carbonyl (C=O) groups excluding carboxylic acids is 1. The maximum Gasteiger partial charge on any atom is 0.283 e. The molecule has 1 unspecified atom stereocenters. The number of fused-ring (bicyclic) bond motifs is 1. The van der Waals surface area contributed by atoms with Gasteiger partial charge in [-0.25, -0.2) is 9.97 Å². The van der Waals surface area contributed by atoms with Crippen molar-refractivity contribution in [2.45, 2.75) is 19.4 Å². The highest BCUT2D eigenvalue weighted by molar-refractivity contribution is 6.31. The standard InChI is InChI=1S/C15H13ClN4O3/c1-9-6-19(7-10-5-17-8-18-14(9)10)15(21)12-3-2-11(16)4-13(12)20(22)23/h2-5,8-9H,6-7H2,1H3. The topological polar surface area (TPSA) is 89.2 Å². The van der Waals surface area contributed by atoms with Crippen LogP contribution in [0.15, 0.2) is 30.7 Å². The highest BCUT2D eigenvalue weighted by atomic mass is 35.5. The number of hydrogen-bond donors (Lipinski definition) is 0. The van der Waals surface area contributed by atoms with Crippen LogP contribution in [0.3, 0.4) is 0 Å². The number of rotatable bonds is 2. The van der Waals surface area contributed by atoms with Gasteiger partial charge in [0.25, 0.3) is 11.6 Å². The second-order valence-corrected chi connectivity index (χ2v) is 5.87. The number of benzene rings is 1. The third-order valence-electron chi connectivity index (χ3n) is 3.82. The van der Waals surface area contributed by atoms with Crippen molar-refractivity contribution in [3.05, 3.63) is 62.7 Å². The van der Waals surface area contributed by atoms with Gasteiger partial charge in [0.2, 0.25) is 0 Å². The molecule has 1 aromatic carbocycles. The van der Waals surface area contributed by atoms with Gasteiger partial charge in [0.1, 0.15) is 11.9 Å². The third-order valence-corrected chi connectivity index (χ3v) is 4.05. The van der Waals surface area contributed by atoms with E-state index >= 15 is 0 Å². The molecule has 1 aliphatic rings. The minimum Gasteiger partial charge on any atom is -0.333 e. The van der Waals surface area contributed by atoms with Crippen LogP contribution < -0.4 is 0 Å². The first kappa shape index (κ1) is 15.4. The second kappa shape index (κ2) is 5.92. The molecule has 1 atom stereocenters. The van der Waals surface area contributed by atoms with Crippen LogP contribution in [-0.2, 0) is 6.54 Å². The van der Waals surface area contributed by atoms with Gasteiger partial charge in [-0.05, 0) is 12.1 Å². The van der Waals surface area contributed by atoms with E-state index in [4.69, 9.17) is 11.6 Å². The molecule has 118 valence electrons. The van der Waals surface area contributed by atoms with Gasteiger partial charge in [0.05, 0.1) is 10.6 Å². The fraction of sp³-hybridized carbons (Fsp3) is 0.267. The van der Waals surface area contributed by atoms with Crippen molar-refractivity contribution >= 4 is 23.2 Å². The summed E-state index contributed by atoms with van der Waals surface area (Å²) in [7, 11) is 0. The summed E-state index contributed by atoms with van der Waals surface area (Å²) in [4.78, 5) is 33.1. The molecule has 0 radical (unpaired) electrons. The van der Waals surface area contributed by atoms with Crippen LogP contribution >= 0.6 is 11.6 Å². The summed E-state index contributed by atoms with van der Waals surface area (Å²) in [5.41, 5.74) is 1.52. The van der Waals surface area contributed by atoms with E-state index in [9.17, 15) is 14.9 Å². The molecule has 0 bridgehead atoms. The second-order valence-electron chi connectivity index (χ2n) is 5.44. The van der Waals surface area contributed by atoms with Crippen molar-refractivity contribution in [3.8, 4) is 0 Å². The van der Waals surface area contributed by atoms with Crippen LogP contribution in [0.1, 0.15) is 34.5 Å². The number of halogens is 1. The first-order valence-corrected chi connectivity index (χ1v) is 7.37. The van der Waals surface area contributed by atoms with Crippen molar-refractivity contribution in [3.63, 3.8) is 0 Å². The lowest BCUT2D eigenvalue weighted by Crippen LogP contribution is -2.38. The van der Waals surface area contributed by atoms with E-state index in [2.05, 4.69) is 9.97 Å². The van der Waals surface area contributed by atoms with Crippen molar-refractivity contribution in [2.24, 2.45) is 0 Å². The number of nitro benzene ring substituents is 1. The summed E-state index contributed by atoms with van der Waals surface area (Å²) in [5, 5.41) is 11.4. The lowest BCUT2D eigenvalue weighted by Gasteiger charge is -2.31. The number of carbonyl (C=O) groups is 1. The fourth-order valence-electron chi connectivity index (χ4n) is 2.78. The Hall–Kier alpha value is -2.54. The van der Waals surface area contributed by atoms with Crippen molar-refractivity contribution in [1.82, 2.24) is 14.9 Å². The van der Waals surface area contributed by atoms with E-state index in [1.807, 2.05) is 6.92 Å². The number of amides is 1. The van der Waals surface area contributed by atoms with Crippen LogP contribution in [0.2, 0.25) is 5.02 Å². The molecule has 0 N–H and O–H groups in total. The van der Waals surface area contributed by atoms with Crippen molar-refractivity contribution < 1.29 is 9.72 Å². The molecule has 1 aromatic heterocycles. The summed E-state index contributed by atoms with van der Waals surface area (Å²) in [5.74, 6) is -0.355. The molecule has 3 rings (SSSR count). The Bertz CT molecular complexity index is 796. The third kappa shape index (κ3) is 2.87. The van der Waals surface area contributed by atoms with Gasteiger partial charge in [0.15, 0.2) is 0 Å². The van der Waals surface area contributed by atoms with Crippen molar-refractivity contribution in [2.75, 3.05) is 6.54 Å². The van der Waals surface area contributed by atoms with E-state index in [-0.39, 0.29) is 22.2 Å². The van der Waals surface area contributed by atoms with Gasteiger partial charge in [-0.3, -0.25) is 14.9 Å². The van der Waals surface area contributed by atoms with Gasteiger partial charge in [-0.15, -0.1) is 0 Å². The van der Waals surface area contributed by atoms with Crippen LogP contribution in [0.25, 0.3) is 0 Å². The van der Waals surface area contributed by atoms with Crippen LogP contribution in [0.4, 0.5) is 5.69 Å². The summed E-state index contributed by atoms with van der Waals surface area (Å²) in [6.07, 6.45) is 3.16. The Morgan fingerprint density at radius 2 is 2.26 bits per heavy atom. The molecule has 2 aromatic rings. The molecule has 23 heavy (non-hydrogen) atoms. The Morgan fingerprint density at radius 3 is 3.00 bits per heavy atom. The summed E-state index contributed by atoms with van der Waals surface area (Å²) < 4.78 is 0. The Kier molecular flexibility index (Phi) is 3.96. The summed E-state index contributed by atoms with van der Waals surface area (Å²) >= 11 is 5.80. The lowest BCUT2D eigenvalue weighted by atomic mass is 9.97. The lowest BCUT2D eigenvalue weighted by molar-refractivity contribution is -0.385. The normalized spacial score (nSPS) is 16.8. The molecule has 1 amide bonds. The van der Waals surface area contributed by atoms with E-state index in [1.54, 1.807) is 11.1 Å². The van der Waals surface area contributed by atoms with Crippen LogP contribution in [-0.4, -0.2) is 32.2 Å². The van der Waals surface area contributed by atoms with Gasteiger partial charge in [-0.2, -0.15) is 0 Å². The number of nitrogens with zero attached hydrogens (tertiary/aromatic N) is 4. The van der Waals surface area contributed by atoms with E-state index in [1.165, 1.54) is 24.5 Å². The van der Waals surface area contributed by atoms with Gasteiger partial charge >= 0.3 is 0 Å². The van der Waals surface area contributed by atoms with E-state index < -0.39 is 10.8 Å². The fourth-order valence-corrected chi connectivity index (χ4v) is 2.95. The highest BCUT2D eigenvalue weighted by Gasteiger charge is 2.30. The smallest absolute Gasteiger partial charge is 0.283 e. The molecule has 0 fully saturated rings. The van der Waals surface area contributed by atoms with E-state index in [0.717, 1.165) is 11.3 Å². The van der Waals surface area contributed by atoms with Crippen LogP contribution in [0.5, 0.6) is 0 Å². The van der Waals surface area contributed by atoms with E-state index in [0.29, 0.717) is 13.1 Å². The zero-order valence-electron chi connectivity index (χ0n) is 12.3. The quantitative estimate of drug-likeness (QED) is 0.623. The molecule has 0 spiro atoms. The predicted molar refractivity (Wildman–Crippen MR) is 83.3 cm³/mol. The van der Waals surface area contributed by atoms with Gasteiger partial charge in [0, 0.05) is 41.9 Å². The predicted octanol–water partition coefficient (Wildman–Crippen LogP) is 2.80. The Balaban J connectivity index is 1.95. The maximum absolute atomic E-state index is 12.7. The maximum atomic E-state index is 12.7. The minimum absolute atomic E-state index is 0.0342. The molecule has 8 heteroatoms.